The monoisotopic (exact) mass is 986 g/mol. The van der Waals surface area contributed by atoms with E-state index in [0.29, 0.717) is 23.9 Å². The van der Waals surface area contributed by atoms with Crippen LogP contribution in [0.15, 0.2) is 85.1 Å². The highest BCUT2D eigenvalue weighted by molar-refractivity contribution is 7.47. The summed E-state index contributed by atoms with van der Waals surface area (Å²) in [5.74, 6) is -0.550. The predicted molar refractivity (Wildman–Crippen MR) is 295 cm³/mol. The van der Waals surface area contributed by atoms with Crippen molar-refractivity contribution in [2.24, 2.45) is 0 Å². The molecule has 0 saturated heterocycles. The summed E-state index contributed by atoms with van der Waals surface area (Å²) < 4.78 is 30.5. The molecule has 3 atom stereocenters. The number of carbonyl (C=O) groups is 2. The van der Waals surface area contributed by atoms with Crippen molar-refractivity contribution in [1.82, 2.24) is 5.32 Å². The van der Waals surface area contributed by atoms with E-state index in [0.717, 1.165) is 109 Å². The molecule has 10 heteroatoms. The quantitative estimate of drug-likeness (QED) is 0.0156. The number of allylic oxidation sites excluding steroid dienone is 13. The summed E-state index contributed by atoms with van der Waals surface area (Å²) in [4.78, 5) is 37.5. The molecule has 2 N–H and O–H groups in total. The van der Waals surface area contributed by atoms with E-state index >= 15 is 0 Å². The molecule has 0 aromatic rings. The van der Waals surface area contributed by atoms with Crippen LogP contribution in [0, 0.1) is 0 Å². The Labute approximate surface area is 425 Å². The second-order valence-electron chi connectivity index (χ2n) is 19.8. The Balaban J connectivity index is 5.36. The number of nitrogens with one attached hydrogen (secondary N) is 1. The Kier molecular flexibility index (Phi) is 46.8. The van der Waals surface area contributed by atoms with Gasteiger partial charge in [-0.05, 0) is 89.5 Å². The predicted octanol–water partition coefficient (Wildman–Crippen LogP) is 16.7. The third-order valence-electron chi connectivity index (χ3n) is 11.9. The van der Waals surface area contributed by atoms with Gasteiger partial charge < -0.3 is 19.4 Å². The summed E-state index contributed by atoms with van der Waals surface area (Å²) in [6.07, 6.45) is 62.9. The van der Waals surface area contributed by atoms with E-state index in [1.165, 1.54) is 77.0 Å². The van der Waals surface area contributed by atoms with Crippen molar-refractivity contribution in [3.05, 3.63) is 85.1 Å². The molecule has 0 saturated carbocycles. The SMILES string of the molecule is CC/C=C/C=C/C=C\CCCCCCCC(=O)OC(/C=C\CCCCCCCCCCC)C(COP(=O)(O)OCC[N+](C)(C)C)NC(=O)CCCCCCCC/C=C\C/C=C\C/C=C\CCCCC. The highest BCUT2D eigenvalue weighted by Gasteiger charge is 2.30. The molecule has 0 heterocycles. The molecule has 0 aromatic carbocycles. The fraction of sp³-hybridized carbons (Fsp3) is 0.729. The van der Waals surface area contributed by atoms with Gasteiger partial charge >= 0.3 is 13.8 Å². The van der Waals surface area contributed by atoms with Gasteiger partial charge in [0.2, 0.25) is 5.91 Å². The molecule has 0 aliphatic carbocycles. The number of esters is 1. The summed E-state index contributed by atoms with van der Waals surface area (Å²) in [7, 11) is 1.46. The number of amides is 1. The smallest absolute Gasteiger partial charge is 0.456 e. The van der Waals surface area contributed by atoms with Crippen LogP contribution in [0.5, 0.6) is 0 Å². The van der Waals surface area contributed by atoms with E-state index in [2.05, 4.69) is 99.0 Å². The van der Waals surface area contributed by atoms with E-state index in [4.69, 9.17) is 13.8 Å². The van der Waals surface area contributed by atoms with E-state index in [-0.39, 0.29) is 31.5 Å². The number of quaternary nitrogens is 1. The Hall–Kier alpha value is -2.81. The van der Waals surface area contributed by atoms with Crippen LogP contribution >= 0.6 is 7.82 Å². The van der Waals surface area contributed by atoms with Crippen LogP contribution in [-0.4, -0.2) is 74.3 Å². The molecule has 0 spiro atoms. The van der Waals surface area contributed by atoms with Gasteiger partial charge in [0.15, 0.2) is 0 Å². The van der Waals surface area contributed by atoms with Crippen LogP contribution in [-0.2, 0) is 27.9 Å². The molecule has 3 unspecified atom stereocenters. The van der Waals surface area contributed by atoms with Crippen LogP contribution in [0.1, 0.15) is 226 Å². The number of phosphoric ester groups is 1. The largest absolute Gasteiger partial charge is 0.472 e. The number of ether oxygens (including phenoxy) is 1. The molecule has 69 heavy (non-hydrogen) atoms. The van der Waals surface area contributed by atoms with Gasteiger partial charge in [-0.25, -0.2) is 4.57 Å². The van der Waals surface area contributed by atoms with Crippen molar-refractivity contribution < 1.29 is 37.3 Å². The van der Waals surface area contributed by atoms with Crippen LogP contribution in [0.25, 0.3) is 0 Å². The van der Waals surface area contributed by atoms with Crippen LogP contribution in [0.4, 0.5) is 0 Å². The van der Waals surface area contributed by atoms with Crippen LogP contribution < -0.4 is 5.32 Å². The highest BCUT2D eigenvalue weighted by atomic mass is 31.2. The molecule has 0 aliphatic heterocycles. The average molecular weight is 986 g/mol. The van der Waals surface area contributed by atoms with Gasteiger partial charge in [-0.3, -0.25) is 18.6 Å². The fourth-order valence-corrected chi connectivity index (χ4v) is 8.27. The molecular formula is C59H106N2O7P+. The number of hydrogen-bond donors (Lipinski definition) is 2. The minimum Gasteiger partial charge on any atom is -0.456 e. The number of hydrogen-bond acceptors (Lipinski definition) is 6. The first-order chi connectivity index (χ1) is 33.4. The maximum Gasteiger partial charge on any atom is 0.472 e. The average Bonchev–Trinajstić information content (AvgIpc) is 3.31. The summed E-state index contributed by atoms with van der Waals surface area (Å²) in [6, 6.07) is -0.866. The maximum absolute atomic E-state index is 13.5. The van der Waals surface area contributed by atoms with Crippen molar-refractivity contribution in [2.75, 3.05) is 40.9 Å². The lowest BCUT2D eigenvalue weighted by Crippen LogP contribution is -2.47. The number of nitrogens with zero attached hydrogens (tertiary/aromatic N) is 1. The molecule has 0 aromatic heterocycles. The molecule has 0 radical (unpaired) electrons. The van der Waals surface area contributed by atoms with Gasteiger partial charge in [0.25, 0.3) is 0 Å². The molecule has 0 fully saturated rings. The van der Waals surface area contributed by atoms with Crippen molar-refractivity contribution in [3.63, 3.8) is 0 Å². The molecule has 0 rings (SSSR count). The summed E-state index contributed by atoms with van der Waals surface area (Å²) >= 11 is 0. The minimum absolute atomic E-state index is 0.0300. The Morgan fingerprint density at radius 2 is 0.986 bits per heavy atom. The second kappa shape index (κ2) is 48.8. The fourth-order valence-electron chi connectivity index (χ4n) is 7.53. The van der Waals surface area contributed by atoms with E-state index in [1.54, 1.807) is 0 Å². The van der Waals surface area contributed by atoms with Gasteiger partial charge in [-0.2, -0.15) is 0 Å². The highest BCUT2D eigenvalue weighted by Crippen LogP contribution is 2.43. The number of rotatable bonds is 49. The number of phosphoric acid groups is 1. The third-order valence-corrected chi connectivity index (χ3v) is 12.9. The minimum atomic E-state index is -4.45. The molecule has 1 amide bonds. The molecule has 9 nitrogen and oxygen atoms in total. The first kappa shape index (κ1) is 66.2. The van der Waals surface area contributed by atoms with Gasteiger partial charge in [0.05, 0.1) is 33.8 Å². The number of likely N-dealkylation sites (N-methyl/N-ethyl adjacent to an activating group) is 1. The van der Waals surface area contributed by atoms with E-state index < -0.39 is 20.0 Å². The molecule has 0 aliphatic rings. The Bertz CT molecular complexity index is 1460. The second-order valence-corrected chi connectivity index (χ2v) is 21.2. The zero-order valence-electron chi connectivity index (χ0n) is 45.3. The van der Waals surface area contributed by atoms with Crippen molar-refractivity contribution >= 4 is 19.7 Å². The summed E-state index contributed by atoms with van der Waals surface area (Å²) in [6.45, 7) is 6.80. The van der Waals surface area contributed by atoms with Gasteiger partial charge in [0.1, 0.15) is 19.3 Å². The van der Waals surface area contributed by atoms with Gasteiger partial charge in [-0.1, -0.05) is 209 Å². The Morgan fingerprint density at radius 1 is 0.536 bits per heavy atom. The number of carbonyl (C=O) groups excluding carboxylic acids is 2. The van der Waals surface area contributed by atoms with Crippen molar-refractivity contribution in [1.29, 1.82) is 0 Å². The number of unbranched alkanes of at least 4 members (excludes halogenated alkanes) is 23. The van der Waals surface area contributed by atoms with Gasteiger partial charge in [0, 0.05) is 12.8 Å². The first-order valence-corrected chi connectivity index (χ1v) is 29.4. The molecule has 398 valence electrons. The third kappa shape index (κ3) is 49.9. The first-order valence-electron chi connectivity index (χ1n) is 27.9. The van der Waals surface area contributed by atoms with Crippen LogP contribution in [0.3, 0.4) is 0 Å². The maximum atomic E-state index is 13.5. The summed E-state index contributed by atoms with van der Waals surface area (Å²) in [5.41, 5.74) is 0. The normalized spacial score (nSPS) is 14.5. The van der Waals surface area contributed by atoms with E-state index in [9.17, 15) is 19.0 Å². The van der Waals surface area contributed by atoms with Crippen LogP contribution in [0.2, 0.25) is 0 Å². The van der Waals surface area contributed by atoms with E-state index in [1.807, 2.05) is 33.3 Å². The zero-order chi connectivity index (χ0) is 50.8. The summed E-state index contributed by atoms with van der Waals surface area (Å²) in [5, 5.41) is 3.03. The zero-order valence-corrected chi connectivity index (χ0v) is 46.2. The molecular weight excluding hydrogens is 880 g/mol. The van der Waals surface area contributed by atoms with Gasteiger partial charge in [-0.15, -0.1) is 0 Å². The van der Waals surface area contributed by atoms with Crippen molar-refractivity contribution in [3.8, 4) is 0 Å². The van der Waals surface area contributed by atoms with Crippen molar-refractivity contribution in [2.45, 2.75) is 238 Å². The lowest BCUT2D eigenvalue weighted by Gasteiger charge is -2.27. The lowest BCUT2D eigenvalue weighted by molar-refractivity contribution is -0.870. The molecule has 0 bridgehead atoms. The standard InChI is InChI=1S/C59H105N2O7P/c1-7-10-13-16-19-22-25-27-28-29-30-31-32-34-36-39-42-45-48-51-58(62)60-56(55-67-69(64,65)66-54-53-61(4,5)6)57(50-47-44-41-38-35-24-21-18-15-12-9-3)68-59(63)52-49-46-43-40-37-33-26-23-20-17-14-11-8-2/h11,14,17,19-20,22-23,26-28,30-31,47,50,56-57H,7-10,12-13,15-16,18,21,24-25,29,32-46,48-49,51-55H2,1-6H3,(H-,60,62,64,65)/p+1/b14-11+,20-17+,22-19-,26-23-,28-27-,31-30-,50-47-. The topological polar surface area (TPSA) is 111 Å². The lowest BCUT2D eigenvalue weighted by atomic mass is 10.1. The Morgan fingerprint density at radius 3 is 1.54 bits per heavy atom.